The molecule has 86 valence electrons. The summed E-state index contributed by atoms with van der Waals surface area (Å²) in [7, 11) is 0. The predicted molar refractivity (Wildman–Crippen MR) is 62.9 cm³/mol. The summed E-state index contributed by atoms with van der Waals surface area (Å²) in [5.74, 6) is 0.0494. The minimum atomic E-state index is 0.0494. The molecule has 0 aliphatic rings. The third kappa shape index (κ3) is 2.91. The van der Waals surface area contributed by atoms with Crippen molar-refractivity contribution in [2.45, 2.75) is 10.1 Å². The molecule has 17 heavy (non-hydrogen) atoms. The molecule has 0 amide bonds. The molecule has 6 nitrogen and oxygen atoms in total. The van der Waals surface area contributed by atoms with E-state index in [9.17, 15) is 0 Å². The van der Waals surface area contributed by atoms with E-state index >= 15 is 0 Å². The molecule has 0 fully saturated rings. The number of nitrogens with two attached hydrogens (primary N) is 1. The Kier molecular flexibility index (Phi) is 3.51. The number of amidine groups is 1. The summed E-state index contributed by atoms with van der Waals surface area (Å²) in [6, 6.07) is 3.38. The Labute approximate surface area is 102 Å². The Bertz CT molecular complexity index is 531. The van der Waals surface area contributed by atoms with E-state index in [0.29, 0.717) is 10.6 Å². The van der Waals surface area contributed by atoms with E-state index in [0.717, 1.165) is 5.03 Å². The van der Waals surface area contributed by atoms with Crippen LogP contribution in [0, 0.1) is 0 Å². The van der Waals surface area contributed by atoms with Gasteiger partial charge in [0.05, 0.1) is 6.20 Å². The second-order valence-electron chi connectivity index (χ2n) is 3.01. The third-order valence-corrected chi connectivity index (χ3v) is 2.74. The van der Waals surface area contributed by atoms with Crippen LogP contribution in [0.25, 0.3) is 0 Å². The molecule has 2 aromatic rings. The fourth-order valence-electron chi connectivity index (χ4n) is 1.13. The summed E-state index contributed by atoms with van der Waals surface area (Å²) in [6.45, 7) is 0. The van der Waals surface area contributed by atoms with Crippen molar-refractivity contribution in [3.05, 3.63) is 42.5 Å². The first-order chi connectivity index (χ1) is 8.29. The Morgan fingerprint density at radius 1 is 1.24 bits per heavy atom. The van der Waals surface area contributed by atoms with Crippen LogP contribution in [0.3, 0.4) is 0 Å². The number of rotatable bonds is 3. The molecule has 3 N–H and O–H groups in total. The molecule has 0 spiro atoms. The number of hydrogen-bond donors (Lipinski definition) is 2. The Morgan fingerprint density at radius 2 is 2.06 bits per heavy atom. The second kappa shape index (κ2) is 5.26. The maximum Gasteiger partial charge on any atom is 0.170 e. The fraction of sp³-hybridized carbons (Fsp3) is 0. The van der Waals surface area contributed by atoms with Gasteiger partial charge in [0.1, 0.15) is 10.1 Å². The molecule has 0 saturated carbocycles. The van der Waals surface area contributed by atoms with Gasteiger partial charge < -0.3 is 10.9 Å². The van der Waals surface area contributed by atoms with Gasteiger partial charge in [-0.3, -0.25) is 4.98 Å². The van der Waals surface area contributed by atoms with Gasteiger partial charge >= 0.3 is 0 Å². The summed E-state index contributed by atoms with van der Waals surface area (Å²) >= 11 is 1.35. The van der Waals surface area contributed by atoms with Crippen LogP contribution in [-0.4, -0.2) is 26.0 Å². The van der Waals surface area contributed by atoms with Crippen molar-refractivity contribution in [3.8, 4) is 0 Å². The van der Waals surface area contributed by atoms with Crippen molar-refractivity contribution < 1.29 is 5.21 Å². The van der Waals surface area contributed by atoms with Crippen LogP contribution in [0.5, 0.6) is 0 Å². The van der Waals surface area contributed by atoms with Gasteiger partial charge in [-0.25, -0.2) is 9.97 Å². The van der Waals surface area contributed by atoms with Gasteiger partial charge in [0.15, 0.2) is 5.84 Å². The molecular weight excluding hydrogens is 238 g/mol. The van der Waals surface area contributed by atoms with Crippen LogP contribution in [0.2, 0.25) is 0 Å². The molecule has 0 bridgehead atoms. The van der Waals surface area contributed by atoms with Gasteiger partial charge in [0.25, 0.3) is 0 Å². The Hall–Kier alpha value is -2.15. The average molecular weight is 247 g/mol. The van der Waals surface area contributed by atoms with Crippen molar-refractivity contribution in [2.75, 3.05) is 0 Å². The zero-order chi connectivity index (χ0) is 12.1. The van der Waals surface area contributed by atoms with Gasteiger partial charge in [-0.1, -0.05) is 5.16 Å². The van der Waals surface area contributed by atoms with E-state index in [1.165, 1.54) is 11.8 Å². The molecular formula is C10H9N5OS. The summed E-state index contributed by atoms with van der Waals surface area (Å²) in [4.78, 5) is 12.2. The monoisotopic (exact) mass is 247 g/mol. The van der Waals surface area contributed by atoms with E-state index < -0.39 is 0 Å². The number of aromatic nitrogens is 3. The van der Waals surface area contributed by atoms with Crippen molar-refractivity contribution >= 4 is 17.6 Å². The number of nitrogens with zero attached hydrogens (tertiary/aromatic N) is 4. The first kappa shape index (κ1) is 11.3. The molecule has 2 rings (SSSR count). The predicted octanol–water partition coefficient (Wildman–Crippen LogP) is 1.12. The minimum Gasteiger partial charge on any atom is -0.409 e. The molecule has 0 aliphatic heterocycles. The van der Waals surface area contributed by atoms with Crippen LogP contribution < -0.4 is 5.73 Å². The standard InChI is InChI=1S/C10H9N5OS/c11-10(15-16)7-1-2-13-8(5-7)17-9-6-12-3-4-14-9/h1-6,16H,(H2,11,15). The quantitative estimate of drug-likeness (QED) is 0.365. The van der Waals surface area contributed by atoms with E-state index in [-0.39, 0.29) is 5.84 Å². The molecule has 0 unspecified atom stereocenters. The highest BCUT2D eigenvalue weighted by molar-refractivity contribution is 7.99. The van der Waals surface area contributed by atoms with Gasteiger partial charge in [0, 0.05) is 24.2 Å². The third-order valence-electron chi connectivity index (χ3n) is 1.89. The molecule has 2 aromatic heterocycles. The zero-order valence-electron chi connectivity index (χ0n) is 8.69. The zero-order valence-corrected chi connectivity index (χ0v) is 9.50. The molecule has 7 heteroatoms. The highest BCUT2D eigenvalue weighted by Crippen LogP contribution is 2.23. The maximum absolute atomic E-state index is 8.58. The summed E-state index contributed by atoms with van der Waals surface area (Å²) in [6.07, 6.45) is 6.44. The van der Waals surface area contributed by atoms with Crippen LogP contribution in [0.4, 0.5) is 0 Å². The summed E-state index contributed by atoms with van der Waals surface area (Å²) < 4.78 is 0. The van der Waals surface area contributed by atoms with Crippen LogP contribution in [-0.2, 0) is 0 Å². The lowest BCUT2D eigenvalue weighted by atomic mass is 10.2. The molecule has 0 aliphatic carbocycles. The lowest BCUT2D eigenvalue weighted by molar-refractivity contribution is 0.318. The fourth-order valence-corrected chi connectivity index (χ4v) is 1.87. The minimum absolute atomic E-state index is 0.0494. The summed E-state index contributed by atoms with van der Waals surface area (Å²) in [5.41, 5.74) is 6.10. The molecule has 0 saturated heterocycles. The Balaban J connectivity index is 2.23. The van der Waals surface area contributed by atoms with Crippen LogP contribution >= 0.6 is 11.8 Å². The smallest absolute Gasteiger partial charge is 0.170 e. The van der Waals surface area contributed by atoms with E-state index in [1.54, 1.807) is 36.9 Å². The summed E-state index contributed by atoms with van der Waals surface area (Å²) in [5, 5.41) is 13.0. The first-order valence-electron chi connectivity index (χ1n) is 4.67. The molecule has 2 heterocycles. The van der Waals surface area contributed by atoms with E-state index in [1.807, 2.05) is 0 Å². The van der Waals surface area contributed by atoms with Gasteiger partial charge in [-0.2, -0.15) is 0 Å². The van der Waals surface area contributed by atoms with Gasteiger partial charge in [-0.15, -0.1) is 0 Å². The van der Waals surface area contributed by atoms with E-state index in [4.69, 9.17) is 10.9 Å². The van der Waals surface area contributed by atoms with E-state index in [2.05, 4.69) is 20.1 Å². The van der Waals surface area contributed by atoms with Gasteiger partial charge in [0.2, 0.25) is 0 Å². The normalized spacial score (nSPS) is 11.4. The molecule has 0 atom stereocenters. The highest BCUT2D eigenvalue weighted by atomic mass is 32.2. The van der Waals surface area contributed by atoms with Crippen LogP contribution in [0.1, 0.15) is 5.56 Å². The maximum atomic E-state index is 8.58. The van der Waals surface area contributed by atoms with Crippen molar-refractivity contribution in [3.63, 3.8) is 0 Å². The molecule has 0 radical (unpaired) electrons. The topological polar surface area (TPSA) is 97.3 Å². The lowest BCUT2D eigenvalue weighted by Crippen LogP contribution is -2.13. The SMILES string of the molecule is NC(=NO)c1ccnc(Sc2cnccn2)c1. The van der Waals surface area contributed by atoms with Crippen molar-refractivity contribution in [1.29, 1.82) is 0 Å². The van der Waals surface area contributed by atoms with Gasteiger partial charge in [-0.05, 0) is 23.9 Å². The van der Waals surface area contributed by atoms with Crippen molar-refractivity contribution in [1.82, 2.24) is 15.0 Å². The Morgan fingerprint density at radius 3 is 2.76 bits per heavy atom. The molecule has 0 aromatic carbocycles. The number of oxime groups is 1. The highest BCUT2D eigenvalue weighted by Gasteiger charge is 2.04. The van der Waals surface area contributed by atoms with Crippen LogP contribution in [0.15, 0.2) is 52.1 Å². The lowest BCUT2D eigenvalue weighted by Gasteiger charge is -2.02. The first-order valence-corrected chi connectivity index (χ1v) is 5.49. The van der Waals surface area contributed by atoms with Crippen molar-refractivity contribution in [2.24, 2.45) is 10.9 Å². The average Bonchev–Trinajstić information content (AvgIpc) is 2.39. The number of hydrogen-bond acceptors (Lipinski definition) is 6. The largest absolute Gasteiger partial charge is 0.409 e. The second-order valence-corrected chi connectivity index (χ2v) is 4.05. The number of pyridine rings is 1.